The maximum Gasteiger partial charge on any atom is 0.182 e. The van der Waals surface area contributed by atoms with Crippen LogP contribution in [0.25, 0.3) is 0 Å². The molecule has 0 aromatic carbocycles. The molecule has 0 saturated heterocycles. The molecule has 1 aliphatic heterocycles. The molecule has 1 unspecified atom stereocenters. The molecule has 22 heavy (non-hydrogen) atoms. The van der Waals surface area contributed by atoms with Gasteiger partial charge >= 0.3 is 0 Å². The van der Waals surface area contributed by atoms with Crippen LogP contribution < -0.4 is 5.11 Å². The van der Waals surface area contributed by atoms with Crippen LogP contribution in [0.4, 0.5) is 0 Å². The Hall–Kier alpha value is -2.44. The minimum Gasteiger partial charge on any atom is -0.545 e. The summed E-state index contributed by atoms with van der Waals surface area (Å²) in [5.74, 6) is -1.30. The average molecular weight is 302 g/mol. The standard InChI is InChI=1S/C15H21N5O2/c1-4-5-12(15(21)22)13(14-16-18-19-17-14)9-11-6-7-20(3)10(2)8-11/h5-8,10,13H,4,9H2,1-3H3,(H,21,22)(H,16,17,18,19)/p-1/b12-5-/t10?,13-/m0/s1. The Labute approximate surface area is 129 Å². The minimum atomic E-state index is -1.19. The smallest absolute Gasteiger partial charge is 0.182 e. The molecule has 1 aromatic heterocycles. The molecular formula is C15H20N5O2-. The summed E-state index contributed by atoms with van der Waals surface area (Å²) in [6.07, 6.45) is 8.81. The number of allylic oxidation sites excluding steroid dienone is 3. The van der Waals surface area contributed by atoms with Crippen LogP contribution >= 0.6 is 0 Å². The minimum absolute atomic E-state index is 0.199. The van der Waals surface area contributed by atoms with Gasteiger partial charge in [-0.2, -0.15) is 5.21 Å². The van der Waals surface area contributed by atoms with E-state index in [1.54, 1.807) is 6.08 Å². The molecule has 0 bridgehead atoms. The largest absolute Gasteiger partial charge is 0.545 e. The van der Waals surface area contributed by atoms with Gasteiger partial charge in [-0.3, -0.25) is 0 Å². The summed E-state index contributed by atoms with van der Waals surface area (Å²) in [6, 6.07) is 0.257. The summed E-state index contributed by atoms with van der Waals surface area (Å²) in [7, 11) is 1.99. The predicted octanol–water partition coefficient (Wildman–Crippen LogP) is 0.534. The summed E-state index contributed by atoms with van der Waals surface area (Å²) >= 11 is 0. The van der Waals surface area contributed by atoms with Crippen LogP contribution in [0.1, 0.15) is 38.4 Å². The van der Waals surface area contributed by atoms with E-state index in [4.69, 9.17) is 0 Å². The Balaban J connectivity index is 2.31. The molecule has 118 valence electrons. The third-order valence-corrected chi connectivity index (χ3v) is 3.77. The van der Waals surface area contributed by atoms with Gasteiger partial charge in [-0.05, 0) is 43.2 Å². The van der Waals surface area contributed by atoms with Crippen molar-refractivity contribution in [1.82, 2.24) is 25.5 Å². The third kappa shape index (κ3) is 3.60. The van der Waals surface area contributed by atoms with E-state index in [0.717, 1.165) is 5.57 Å². The van der Waals surface area contributed by atoms with E-state index in [9.17, 15) is 9.90 Å². The highest BCUT2D eigenvalue weighted by Crippen LogP contribution is 2.30. The first kappa shape index (κ1) is 15.9. The van der Waals surface area contributed by atoms with Gasteiger partial charge in [0.1, 0.15) is 0 Å². The zero-order valence-electron chi connectivity index (χ0n) is 13.0. The van der Waals surface area contributed by atoms with Crippen LogP contribution in [0.5, 0.6) is 0 Å². The number of H-pyrrole nitrogens is 1. The number of hydrogen-bond acceptors (Lipinski definition) is 6. The summed E-state index contributed by atoms with van der Waals surface area (Å²) in [6.45, 7) is 3.96. The second-order valence-corrected chi connectivity index (χ2v) is 5.35. The van der Waals surface area contributed by atoms with Gasteiger partial charge in [0.25, 0.3) is 0 Å². The van der Waals surface area contributed by atoms with E-state index in [-0.39, 0.29) is 11.6 Å². The van der Waals surface area contributed by atoms with E-state index in [1.807, 2.05) is 26.2 Å². The number of rotatable bonds is 6. The molecule has 0 fully saturated rings. The highest BCUT2D eigenvalue weighted by molar-refractivity contribution is 5.86. The predicted molar refractivity (Wildman–Crippen MR) is 79.4 cm³/mol. The van der Waals surface area contributed by atoms with Crippen LogP contribution in [-0.2, 0) is 4.79 Å². The van der Waals surface area contributed by atoms with Crippen LogP contribution in [0, 0.1) is 0 Å². The van der Waals surface area contributed by atoms with Gasteiger partial charge in [0.2, 0.25) is 0 Å². The number of aromatic nitrogens is 4. The number of carbonyl (C=O) groups excluding carboxylic acids is 1. The Kier molecular flexibility index (Phi) is 5.08. The number of aliphatic carboxylic acids is 1. The maximum absolute atomic E-state index is 11.5. The number of carboxylic acids is 1. The third-order valence-electron chi connectivity index (χ3n) is 3.77. The lowest BCUT2D eigenvalue weighted by Crippen LogP contribution is -2.29. The Bertz CT molecular complexity index is 603. The second kappa shape index (κ2) is 7.02. The van der Waals surface area contributed by atoms with Gasteiger partial charge in [-0.25, -0.2) is 0 Å². The van der Waals surface area contributed by atoms with E-state index in [0.29, 0.717) is 18.7 Å². The van der Waals surface area contributed by atoms with Crippen molar-refractivity contribution in [1.29, 1.82) is 0 Å². The van der Waals surface area contributed by atoms with E-state index in [2.05, 4.69) is 38.5 Å². The molecule has 2 heterocycles. The monoisotopic (exact) mass is 302 g/mol. The van der Waals surface area contributed by atoms with Gasteiger partial charge in [-0.15, -0.1) is 10.2 Å². The number of hydrogen-bond donors (Lipinski definition) is 1. The number of carbonyl (C=O) groups is 1. The Morgan fingerprint density at radius 2 is 2.36 bits per heavy atom. The van der Waals surface area contributed by atoms with E-state index in [1.165, 1.54) is 0 Å². The van der Waals surface area contributed by atoms with Crippen molar-refractivity contribution < 1.29 is 9.90 Å². The van der Waals surface area contributed by atoms with Crippen molar-refractivity contribution in [2.45, 2.75) is 38.6 Å². The molecule has 0 aliphatic carbocycles. The molecule has 2 atom stereocenters. The van der Waals surface area contributed by atoms with Gasteiger partial charge in [0.15, 0.2) is 5.82 Å². The van der Waals surface area contributed by atoms with Crippen molar-refractivity contribution in [3.05, 3.63) is 41.4 Å². The summed E-state index contributed by atoms with van der Waals surface area (Å²) in [4.78, 5) is 13.6. The fourth-order valence-electron chi connectivity index (χ4n) is 2.45. The summed E-state index contributed by atoms with van der Waals surface area (Å²) in [5.41, 5.74) is 1.24. The average Bonchev–Trinajstić information content (AvgIpc) is 3.00. The number of likely N-dealkylation sites (N-methyl/N-ethyl adjacent to an activating group) is 1. The molecule has 1 aliphatic rings. The molecular weight excluding hydrogens is 282 g/mol. The number of nitrogens with one attached hydrogen (secondary N) is 1. The molecule has 0 amide bonds. The lowest BCUT2D eigenvalue weighted by atomic mass is 9.88. The number of carboxylic acid groups (broad SMARTS) is 1. The fourth-order valence-corrected chi connectivity index (χ4v) is 2.45. The van der Waals surface area contributed by atoms with E-state index >= 15 is 0 Å². The Morgan fingerprint density at radius 3 is 2.91 bits per heavy atom. The van der Waals surface area contributed by atoms with Gasteiger partial charge in [0.05, 0.1) is 11.9 Å². The van der Waals surface area contributed by atoms with Crippen molar-refractivity contribution in [2.75, 3.05) is 7.05 Å². The highest BCUT2D eigenvalue weighted by atomic mass is 16.4. The lowest BCUT2D eigenvalue weighted by molar-refractivity contribution is -0.299. The molecule has 1 N–H and O–H groups in total. The zero-order valence-corrected chi connectivity index (χ0v) is 13.0. The van der Waals surface area contributed by atoms with Crippen molar-refractivity contribution in [2.24, 2.45) is 0 Å². The maximum atomic E-state index is 11.5. The molecule has 7 nitrogen and oxygen atoms in total. The van der Waals surface area contributed by atoms with Gasteiger partial charge in [0, 0.05) is 13.1 Å². The van der Waals surface area contributed by atoms with Crippen molar-refractivity contribution in [3.8, 4) is 0 Å². The van der Waals surface area contributed by atoms with Gasteiger partial charge < -0.3 is 14.8 Å². The Morgan fingerprint density at radius 1 is 1.59 bits per heavy atom. The molecule has 2 rings (SSSR count). The molecule has 0 saturated carbocycles. The van der Waals surface area contributed by atoms with Crippen LogP contribution in [-0.4, -0.2) is 44.6 Å². The lowest BCUT2D eigenvalue weighted by Gasteiger charge is -2.26. The summed E-state index contributed by atoms with van der Waals surface area (Å²) < 4.78 is 0. The highest BCUT2D eigenvalue weighted by Gasteiger charge is 2.23. The first-order valence-corrected chi connectivity index (χ1v) is 7.28. The second-order valence-electron chi connectivity index (χ2n) is 5.35. The SMILES string of the molecule is CC/C=C(\C(=O)[O-])[C@H](CC1=CC(C)N(C)C=C1)c1nn[nH]n1. The zero-order chi connectivity index (χ0) is 16.1. The first-order chi connectivity index (χ1) is 10.5. The molecule has 0 radical (unpaired) electrons. The first-order valence-electron chi connectivity index (χ1n) is 7.28. The van der Waals surface area contributed by atoms with Crippen LogP contribution in [0.3, 0.4) is 0 Å². The number of aromatic amines is 1. The normalized spacial score (nSPS) is 20.0. The van der Waals surface area contributed by atoms with Crippen molar-refractivity contribution >= 4 is 5.97 Å². The molecule has 7 heteroatoms. The topological polar surface area (TPSA) is 97.8 Å². The fraction of sp³-hybridized carbons (Fsp3) is 0.467. The molecule has 1 aromatic rings. The van der Waals surface area contributed by atoms with Gasteiger partial charge in [-0.1, -0.05) is 24.3 Å². The summed E-state index contributed by atoms with van der Waals surface area (Å²) in [5, 5.41) is 25.3. The van der Waals surface area contributed by atoms with Crippen LogP contribution in [0.15, 0.2) is 35.6 Å². The number of nitrogens with zero attached hydrogens (tertiary/aromatic N) is 4. The van der Waals surface area contributed by atoms with Crippen LogP contribution in [0.2, 0.25) is 0 Å². The van der Waals surface area contributed by atoms with Crippen molar-refractivity contribution in [3.63, 3.8) is 0 Å². The van der Waals surface area contributed by atoms with E-state index < -0.39 is 11.9 Å². The molecule has 0 spiro atoms. The quantitative estimate of drug-likeness (QED) is 0.770. The number of tetrazole rings is 1.